The van der Waals surface area contributed by atoms with Crippen molar-refractivity contribution in [1.82, 2.24) is 5.32 Å². The second kappa shape index (κ2) is 6.32. The van der Waals surface area contributed by atoms with E-state index < -0.39 is 12.0 Å². The lowest BCUT2D eigenvalue weighted by molar-refractivity contribution is -0.139. The quantitative estimate of drug-likeness (QED) is 0.891. The number of rotatable bonds is 5. The lowest BCUT2D eigenvalue weighted by Gasteiger charge is -2.14. The molecule has 0 spiro atoms. The maximum Gasteiger partial charge on any atom is 0.326 e. The van der Waals surface area contributed by atoms with Crippen molar-refractivity contribution in [2.45, 2.75) is 31.7 Å². The highest BCUT2D eigenvalue weighted by molar-refractivity contribution is 7.14. The van der Waals surface area contributed by atoms with E-state index in [0.717, 1.165) is 24.8 Å². The Morgan fingerprint density at radius 2 is 2.00 bits per heavy atom. The van der Waals surface area contributed by atoms with E-state index in [2.05, 4.69) is 5.32 Å². The zero-order valence-electron chi connectivity index (χ0n) is 12.0. The number of hydrogen-bond acceptors (Lipinski definition) is 3. The predicted octanol–water partition coefficient (Wildman–Crippen LogP) is 2.66. The third-order valence-electron chi connectivity index (χ3n) is 3.86. The van der Waals surface area contributed by atoms with E-state index in [9.17, 15) is 14.7 Å². The summed E-state index contributed by atoms with van der Waals surface area (Å²) in [6, 6.07) is 10.3. The number of hydrogen-bond donors (Lipinski definition) is 2. The molecule has 3 rings (SSSR count). The Morgan fingerprint density at radius 3 is 2.68 bits per heavy atom. The van der Waals surface area contributed by atoms with E-state index in [-0.39, 0.29) is 12.3 Å². The minimum atomic E-state index is -1.01. The van der Waals surface area contributed by atoms with Gasteiger partial charge in [0.25, 0.3) is 5.91 Å². The van der Waals surface area contributed by atoms with E-state index in [4.69, 9.17) is 0 Å². The highest BCUT2D eigenvalue weighted by atomic mass is 32.1. The number of aryl methyl sites for hydroxylation is 2. The van der Waals surface area contributed by atoms with Gasteiger partial charge in [0.1, 0.15) is 6.04 Å². The van der Waals surface area contributed by atoms with Crippen molar-refractivity contribution >= 4 is 23.2 Å². The molecule has 0 radical (unpaired) electrons. The zero-order valence-corrected chi connectivity index (χ0v) is 12.9. The van der Waals surface area contributed by atoms with Crippen LogP contribution in [-0.4, -0.2) is 23.0 Å². The smallest absolute Gasteiger partial charge is 0.326 e. The normalized spacial score (nSPS) is 14.4. The van der Waals surface area contributed by atoms with Gasteiger partial charge in [-0.05, 0) is 36.5 Å². The number of carboxylic acids is 1. The molecule has 1 heterocycles. The minimum Gasteiger partial charge on any atom is -0.480 e. The number of aliphatic carboxylic acids is 1. The summed E-state index contributed by atoms with van der Waals surface area (Å²) in [6.07, 6.45) is 3.48. The lowest BCUT2D eigenvalue weighted by Crippen LogP contribution is -2.42. The van der Waals surface area contributed by atoms with Crippen LogP contribution in [0.5, 0.6) is 0 Å². The lowest BCUT2D eigenvalue weighted by atomic mass is 10.1. The number of amides is 1. The van der Waals surface area contributed by atoms with Crippen molar-refractivity contribution in [3.63, 3.8) is 0 Å². The Labute approximate surface area is 132 Å². The monoisotopic (exact) mass is 315 g/mol. The molecule has 0 bridgehead atoms. The number of carboxylic acid groups (broad SMARTS) is 1. The molecule has 2 aromatic rings. The number of fused-ring (bicyclic) bond motifs is 1. The summed E-state index contributed by atoms with van der Waals surface area (Å²) in [5.41, 5.74) is 2.13. The fourth-order valence-corrected chi connectivity index (χ4v) is 3.88. The van der Waals surface area contributed by atoms with Crippen molar-refractivity contribution in [2.75, 3.05) is 0 Å². The van der Waals surface area contributed by atoms with E-state index in [1.807, 2.05) is 36.4 Å². The van der Waals surface area contributed by atoms with Gasteiger partial charge in [-0.1, -0.05) is 30.3 Å². The Balaban J connectivity index is 1.70. The molecule has 0 aliphatic heterocycles. The summed E-state index contributed by atoms with van der Waals surface area (Å²) < 4.78 is 0. The second-order valence-electron chi connectivity index (χ2n) is 5.47. The number of benzene rings is 1. The van der Waals surface area contributed by atoms with Gasteiger partial charge in [-0.25, -0.2) is 4.79 Å². The Kier molecular flexibility index (Phi) is 4.24. The van der Waals surface area contributed by atoms with Crippen molar-refractivity contribution in [3.05, 3.63) is 57.3 Å². The van der Waals surface area contributed by atoms with Crippen molar-refractivity contribution < 1.29 is 14.7 Å². The molecular weight excluding hydrogens is 298 g/mol. The summed E-state index contributed by atoms with van der Waals surface area (Å²) >= 11 is 1.49. The van der Waals surface area contributed by atoms with Gasteiger partial charge in [0, 0.05) is 11.3 Å². The minimum absolute atomic E-state index is 0.285. The van der Waals surface area contributed by atoms with Crippen molar-refractivity contribution in [3.8, 4) is 0 Å². The van der Waals surface area contributed by atoms with E-state index in [1.165, 1.54) is 21.8 Å². The van der Waals surface area contributed by atoms with Crippen LogP contribution in [0.4, 0.5) is 0 Å². The first-order chi connectivity index (χ1) is 10.6. The third-order valence-corrected chi connectivity index (χ3v) is 5.09. The molecule has 1 aliphatic carbocycles. The fraction of sp³-hybridized carbons (Fsp3) is 0.294. The molecule has 1 amide bonds. The molecule has 0 saturated carbocycles. The third kappa shape index (κ3) is 3.20. The van der Waals surface area contributed by atoms with Gasteiger partial charge in [-0.2, -0.15) is 0 Å². The van der Waals surface area contributed by atoms with Gasteiger partial charge < -0.3 is 10.4 Å². The summed E-state index contributed by atoms with van der Waals surface area (Å²) in [5, 5.41) is 12.0. The molecular formula is C17H17NO3S. The number of carbonyl (C=O) groups excluding carboxylic acids is 1. The first-order valence-electron chi connectivity index (χ1n) is 7.32. The summed E-state index contributed by atoms with van der Waals surface area (Å²) in [6.45, 7) is 0. The topological polar surface area (TPSA) is 66.4 Å². The van der Waals surface area contributed by atoms with Crippen molar-refractivity contribution in [2.24, 2.45) is 0 Å². The fourth-order valence-electron chi connectivity index (χ4n) is 2.72. The molecule has 0 unspecified atom stereocenters. The summed E-state index contributed by atoms with van der Waals surface area (Å²) in [5.74, 6) is -1.30. The number of carbonyl (C=O) groups is 2. The maximum atomic E-state index is 12.3. The molecule has 2 N–H and O–H groups in total. The van der Waals surface area contributed by atoms with E-state index >= 15 is 0 Å². The first kappa shape index (κ1) is 14.8. The number of thiophene rings is 1. The van der Waals surface area contributed by atoms with Crippen LogP contribution in [0.25, 0.3) is 0 Å². The summed E-state index contributed by atoms with van der Waals surface area (Å²) in [7, 11) is 0. The molecule has 4 nitrogen and oxygen atoms in total. The van der Waals surface area contributed by atoms with Gasteiger partial charge in [-0.3, -0.25) is 4.79 Å². The van der Waals surface area contributed by atoms with Gasteiger partial charge in [0.2, 0.25) is 0 Å². The highest BCUT2D eigenvalue weighted by Gasteiger charge is 2.24. The second-order valence-corrected chi connectivity index (χ2v) is 6.60. The van der Waals surface area contributed by atoms with Crippen LogP contribution >= 0.6 is 11.3 Å². The van der Waals surface area contributed by atoms with Gasteiger partial charge in [0.05, 0.1) is 4.88 Å². The SMILES string of the molecule is O=C(N[C@H](Cc1ccccc1)C(=O)O)c1cc2c(s1)CCC2. The molecule has 1 atom stereocenters. The van der Waals surface area contributed by atoms with Crippen LogP contribution in [0, 0.1) is 0 Å². The molecule has 1 aromatic carbocycles. The Morgan fingerprint density at radius 1 is 1.23 bits per heavy atom. The molecule has 5 heteroatoms. The molecule has 0 fully saturated rings. The predicted molar refractivity (Wildman–Crippen MR) is 85.4 cm³/mol. The molecule has 0 saturated heterocycles. The molecule has 22 heavy (non-hydrogen) atoms. The standard InChI is InChI=1S/C17H17NO3S/c19-16(15-10-12-7-4-8-14(12)22-15)18-13(17(20)21)9-11-5-2-1-3-6-11/h1-3,5-6,10,13H,4,7-9H2,(H,18,19)(H,20,21)/t13-/m1/s1. The van der Waals surface area contributed by atoms with Crippen LogP contribution in [0.3, 0.4) is 0 Å². The largest absolute Gasteiger partial charge is 0.480 e. The molecule has 1 aromatic heterocycles. The Bertz CT molecular complexity index is 672. The average molecular weight is 315 g/mol. The van der Waals surface area contributed by atoms with E-state index in [0.29, 0.717) is 4.88 Å². The average Bonchev–Trinajstić information content (AvgIpc) is 3.08. The van der Waals surface area contributed by atoms with Crippen LogP contribution in [0.1, 0.15) is 32.1 Å². The van der Waals surface area contributed by atoms with Crippen molar-refractivity contribution in [1.29, 1.82) is 0 Å². The van der Waals surface area contributed by atoms with Crippen LogP contribution in [0.2, 0.25) is 0 Å². The van der Waals surface area contributed by atoms with Gasteiger partial charge in [0.15, 0.2) is 0 Å². The van der Waals surface area contributed by atoms with Gasteiger partial charge in [-0.15, -0.1) is 11.3 Å². The van der Waals surface area contributed by atoms with Crippen LogP contribution < -0.4 is 5.32 Å². The van der Waals surface area contributed by atoms with Gasteiger partial charge >= 0.3 is 5.97 Å². The Hall–Kier alpha value is -2.14. The summed E-state index contributed by atoms with van der Waals surface area (Å²) in [4.78, 5) is 25.6. The van der Waals surface area contributed by atoms with E-state index in [1.54, 1.807) is 0 Å². The molecule has 1 aliphatic rings. The number of nitrogens with one attached hydrogen (secondary N) is 1. The van der Waals surface area contributed by atoms with Crippen LogP contribution in [-0.2, 0) is 24.1 Å². The maximum absolute atomic E-state index is 12.3. The van der Waals surface area contributed by atoms with Crippen LogP contribution in [0.15, 0.2) is 36.4 Å². The molecule has 114 valence electrons. The first-order valence-corrected chi connectivity index (χ1v) is 8.14. The zero-order chi connectivity index (χ0) is 15.5. The highest BCUT2D eigenvalue weighted by Crippen LogP contribution is 2.30.